The largest absolute Gasteiger partial charge is 0.386 e. The van der Waals surface area contributed by atoms with Gasteiger partial charge >= 0.3 is 5.97 Å². The highest BCUT2D eigenvalue weighted by molar-refractivity contribution is 9.10. The highest BCUT2D eigenvalue weighted by Gasteiger charge is 2.16. The quantitative estimate of drug-likeness (QED) is 0.493. The number of aromatic nitrogens is 3. The van der Waals surface area contributed by atoms with Crippen LogP contribution in [0.1, 0.15) is 23.1 Å². The normalized spacial score (nSPS) is 11.4. The van der Waals surface area contributed by atoms with E-state index in [-0.39, 0.29) is 5.69 Å². The van der Waals surface area contributed by atoms with Crippen molar-refractivity contribution in [1.82, 2.24) is 14.8 Å². The Bertz CT molecular complexity index is 622. The summed E-state index contributed by atoms with van der Waals surface area (Å²) in [6.45, 7) is 1.71. The van der Waals surface area contributed by atoms with E-state index in [1.54, 1.807) is 38.5 Å². The topological polar surface area (TPSA) is 69.4 Å². The first kappa shape index (κ1) is 13.4. The van der Waals surface area contributed by atoms with Gasteiger partial charge in [0, 0.05) is 19.4 Å². The van der Waals surface area contributed by atoms with Crippen LogP contribution in [-0.2, 0) is 11.9 Å². The fourth-order valence-electron chi connectivity index (χ4n) is 1.37. The molecule has 0 aliphatic carbocycles. The second-order valence-electron chi connectivity index (χ2n) is 3.77. The van der Waals surface area contributed by atoms with Crippen LogP contribution in [-0.4, -0.2) is 26.4 Å². The van der Waals surface area contributed by atoms with Crippen molar-refractivity contribution >= 4 is 27.6 Å². The van der Waals surface area contributed by atoms with Gasteiger partial charge in [-0.1, -0.05) is 11.2 Å². The minimum atomic E-state index is -0.622. The van der Waals surface area contributed by atoms with Crippen molar-refractivity contribution in [2.24, 2.45) is 12.2 Å². The van der Waals surface area contributed by atoms with Gasteiger partial charge < -0.3 is 4.84 Å². The molecular formula is C12H11BrN4O2. The molecule has 98 valence electrons. The van der Waals surface area contributed by atoms with Crippen LogP contribution >= 0.6 is 15.9 Å². The zero-order valence-corrected chi connectivity index (χ0v) is 12.0. The van der Waals surface area contributed by atoms with Crippen molar-refractivity contribution in [3.05, 3.63) is 46.5 Å². The van der Waals surface area contributed by atoms with Crippen molar-refractivity contribution in [1.29, 1.82) is 0 Å². The van der Waals surface area contributed by atoms with Gasteiger partial charge in [-0.3, -0.25) is 9.67 Å². The molecule has 2 aromatic heterocycles. The number of hydrogen-bond donors (Lipinski definition) is 0. The first-order chi connectivity index (χ1) is 9.08. The Balaban J connectivity index is 2.10. The molecule has 0 aliphatic rings. The van der Waals surface area contributed by atoms with Crippen molar-refractivity contribution in [2.75, 3.05) is 0 Å². The van der Waals surface area contributed by atoms with Gasteiger partial charge in [0.25, 0.3) is 0 Å². The second-order valence-corrected chi connectivity index (χ2v) is 4.62. The molecule has 0 amide bonds. The van der Waals surface area contributed by atoms with E-state index in [9.17, 15) is 4.79 Å². The minimum absolute atomic E-state index is 0.181. The van der Waals surface area contributed by atoms with Crippen LogP contribution in [0, 0.1) is 0 Å². The Morgan fingerprint density at radius 2 is 2.26 bits per heavy atom. The predicted molar refractivity (Wildman–Crippen MR) is 72.8 cm³/mol. The van der Waals surface area contributed by atoms with Crippen molar-refractivity contribution in [2.45, 2.75) is 6.92 Å². The van der Waals surface area contributed by atoms with E-state index in [1.807, 2.05) is 6.07 Å². The van der Waals surface area contributed by atoms with Gasteiger partial charge in [-0.2, -0.15) is 5.10 Å². The number of oxime groups is 1. The van der Waals surface area contributed by atoms with Crippen LogP contribution in [0.2, 0.25) is 0 Å². The molecule has 0 aliphatic heterocycles. The Kier molecular flexibility index (Phi) is 4.06. The molecule has 0 spiro atoms. The van der Waals surface area contributed by atoms with Gasteiger partial charge in [-0.25, -0.2) is 4.79 Å². The molecule has 0 aromatic carbocycles. The molecule has 0 unspecified atom stereocenters. The fraction of sp³-hybridized carbons (Fsp3) is 0.167. The van der Waals surface area contributed by atoms with E-state index >= 15 is 0 Å². The maximum absolute atomic E-state index is 11.8. The molecular weight excluding hydrogens is 312 g/mol. The van der Waals surface area contributed by atoms with Gasteiger partial charge in [0.15, 0.2) is 5.69 Å². The number of carbonyl (C=O) groups is 1. The van der Waals surface area contributed by atoms with Gasteiger partial charge in [0.1, 0.15) is 5.71 Å². The number of rotatable bonds is 3. The fourth-order valence-corrected chi connectivity index (χ4v) is 1.91. The monoisotopic (exact) mass is 322 g/mol. The van der Waals surface area contributed by atoms with Crippen LogP contribution in [0.15, 0.2) is 40.2 Å². The lowest BCUT2D eigenvalue weighted by atomic mass is 10.3. The molecule has 6 nitrogen and oxygen atoms in total. The summed E-state index contributed by atoms with van der Waals surface area (Å²) in [5, 5.41) is 7.73. The molecule has 0 fully saturated rings. The summed E-state index contributed by atoms with van der Waals surface area (Å²) in [6.07, 6.45) is 3.30. The maximum atomic E-state index is 11.8. The molecule has 0 bridgehead atoms. The molecule has 7 heteroatoms. The standard InChI is InChI=1S/C12H11BrN4O2/c1-8(10-5-3-4-6-14-10)16-19-12(18)11-9(13)7-17(2)15-11/h3-7H,1-2H3. The van der Waals surface area contributed by atoms with Crippen molar-refractivity contribution in [3.8, 4) is 0 Å². The van der Waals surface area contributed by atoms with Crippen molar-refractivity contribution < 1.29 is 9.63 Å². The van der Waals surface area contributed by atoms with Crippen LogP contribution < -0.4 is 0 Å². The van der Waals surface area contributed by atoms with Crippen LogP contribution in [0.3, 0.4) is 0 Å². The zero-order chi connectivity index (χ0) is 13.8. The Morgan fingerprint density at radius 1 is 1.47 bits per heavy atom. The number of pyridine rings is 1. The minimum Gasteiger partial charge on any atom is -0.311 e. The third-order valence-corrected chi connectivity index (χ3v) is 2.86. The average molecular weight is 323 g/mol. The molecule has 0 N–H and O–H groups in total. The number of nitrogens with zero attached hydrogens (tertiary/aromatic N) is 4. The maximum Gasteiger partial charge on any atom is 0.386 e. The Morgan fingerprint density at radius 3 is 2.84 bits per heavy atom. The summed E-state index contributed by atoms with van der Waals surface area (Å²) >= 11 is 3.22. The van der Waals surface area contributed by atoms with E-state index in [0.717, 1.165) is 0 Å². The van der Waals surface area contributed by atoms with Gasteiger partial charge in [0.05, 0.1) is 10.2 Å². The van der Waals surface area contributed by atoms with Crippen LogP contribution in [0.25, 0.3) is 0 Å². The first-order valence-electron chi connectivity index (χ1n) is 5.44. The molecule has 19 heavy (non-hydrogen) atoms. The van der Waals surface area contributed by atoms with Gasteiger partial charge in [0.2, 0.25) is 0 Å². The highest BCUT2D eigenvalue weighted by Crippen LogP contribution is 2.15. The number of aryl methyl sites for hydroxylation is 1. The van der Waals surface area contributed by atoms with Crippen LogP contribution in [0.5, 0.6) is 0 Å². The number of hydrogen-bond acceptors (Lipinski definition) is 5. The summed E-state index contributed by atoms with van der Waals surface area (Å²) in [4.78, 5) is 20.7. The van der Waals surface area contributed by atoms with E-state index < -0.39 is 5.97 Å². The summed E-state index contributed by atoms with van der Waals surface area (Å²) in [7, 11) is 1.71. The van der Waals surface area contributed by atoms with Gasteiger partial charge in [-0.15, -0.1) is 0 Å². The number of halogens is 1. The summed E-state index contributed by atoms with van der Waals surface area (Å²) in [6, 6.07) is 5.41. The van der Waals surface area contributed by atoms with Gasteiger partial charge in [-0.05, 0) is 35.0 Å². The third-order valence-electron chi connectivity index (χ3n) is 2.28. The molecule has 0 saturated carbocycles. The summed E-state index contributed by atoms with van der Waals surface area (Å²) < 4.78 is 2.07. The second kappa shape index (κ2) is 5.75. The first-order valence-corrected chi connectivity index (χ1v) is 6.23. The summed E-state index contributed by atoms with van der Waals surface area (Å²) in [5.74, 6) is -0.622. The molecule has 0 saturated heterocycles. The van der Waals surface area contributed by atoms with E-state index in [1.165, 1.54) is 4.68 Å². The molecule has 0 atom stereocenters. The molecule has 0 radical (unpaired) electrons. The van der Waals surface area contributed by atoms with Crippen molar-refractivity contribution in [3.63, 3.8) is 0 Å². The highest BCUT2D eigenvalue weighted by atomic mass is 79.9. The predicted octanol–water partition coefficient (Wildman–Crippen LogP) is 2.16. The Hall–Kier alpha value is -2.02. The molecule has 2 heterocycles. The molecule has 2 rings (SSSR count). The van der Waals surface area contributed by atoms with Crippen LogP contribution in [0.4, 0.5) is 0 Å². The molecule has 2 aromatic rings. The zero-order valence-electron chi connectivity index (χ0n) is 10.4. The lowest BCUT2D eigenvalue weighted by Gasteiger charge is -1.99. The average Bonchev–Trinajstić information content (AvgIpc) is 2.75. The summed E-state index contributed by atoms with van der Waals surface area (Å²) in [5.41, 5.74) is 1.34. The lowest BCUT2D eigenvalue weighted by Crippen LogP contribution is -2.06. The van der Waals surface area contributed by atoms with E-state index in [2.05, 4.69) is 31.2 Å². The van der Waals surface area contributed by atoms with E-state index in [4.69, 9.17) is 4.84 Å². The SMILES string of the molecule is CC(=NOC(=O)c1nn(C)cc1Br)c1ccccn1. The number of carbonyl (C=O) groups excluding carboxylic acids is 1. The van der Waals surface area contributed by atoms with E-state index in [0.29, 0.717) is 15.9 Å². The Labute approximate surface area is 118 Å². The smallest absolute Gasteiger partial charge is 0.311 e. The lowest BCUT2D eigenvalue weighted by molar-refractivity contribution is 0.0507. The third kappa shape index (κ3) is 3.25.